The van der Waals surface area contributed by atoms with Gasteiger partial charge in [-0.3, -0.25) is 9.59 Å². The Labute approximate surface area is 240 Å². The molecule has 210 valence electrons. The Hall–Kier alpha value is -3.52. The molecular weight excluding hydrogens is 576 g/mol. The van der Waals surface area contributed by atoms with Crippen molar-refractivity contribution < 1.29 is 22.8 Å². The Morgan fingerprint density at radius 3 is 2.55 bits per heavy atom. The molecule has 4 amide bonds. The number of nitrogens with two attached hydrogens (primary N) is 1. The van der Waals surface area contributed by atoms with Crippen molar-refractivity contribution in [3.63, 3.8) is 0 Å². The molecular formula is C26H27ClN6O5S2. The number of benzene rings is 2. The van der Waals surface area contributed by atoms with Gasteiger partial charge in [-0.1, -0.05) is 29.8 Å². The molecule has 2 aliphatic heterocycles. The van der Waals surface area contributed by atoms with Crippen LogP contribution in [-0.4, -0.2) is 91.2 Å². The Kier molecular flexibility index (Phi) is 7.82. The highest BCUT2D eigenvalue weighted by Gasteiger charge is 2.40. The average Bonchev–Trinajstić information content (AvgIpc) is 3.46. The fourth-order valence-electron chi connectivity index (χ4n) is 4.85. The number of primary amides is 1. The van der Waals surface area contributed by atoms with Crippen molar-refractivity contribution in [3.05, 3.63) is 63.6 Å². The maximum atomic E-state index is 13.6. The number of nitrogens with one attached hydrogen (secondary N) is 1. The molecule has 3 heterocycles. The van der Waals surface area contributed by atoms with Crippen LogP contribution in [0.1, 0.15) is 21.1 Å². The summed E-state index contributed by atoms with van der Waals surface area (Å²) in [6.07, 6.45) is 4.07. The van der Waals surface area contributed by atoms with Gasteiger partial charge in [0.2, 0.25) is 15.9 Å². The van der Waals surface area contributed by atoms with Crippen LogP contribution >= 0.6 is 22.9 Å². The van der Waals surface area contributed by atoms with Crippen LogP contribution < -0.4 is 11.1 Å². The van der Waals surface area contributed by atoms with Crippen molar-refractivity contribution in [2.45, 2.75) is 17.4 Å². The monoisotopic (exact) mass is 602 g/mol. The molecule has 14 heteroatoms. The molecule has 3 aromatic rings. The van der Waals surface area contributed by atoms with Gasteiger partial charge in [0.1, 0.15) is 6.04 Å². The molecule has 3 N–H and O–H groups in total. The maximum absolute atomic E-state index is 13.6. The molecule has 2 aliphatic rings. The highest BCUT2D eigenvalue weighted by molar-refractivity contribution is 7.89. The largest absolute Gasteiger partial charge is 0.357 e. The van der Waals surface area contributed by atoms with E-state index >= 15 is 0 Å². The van der Waals surface area contributed by atoms with E-state index in [-0.39, 0.29) is 29.5 Å². The Bertz CT molecular complexity index is 1640. The topological polar surface area (TPSA) is 146 Å². The Balaban J connectivity index is 1.35. The first-order chi connectivity index (χ1) is 19.1. The van der Waals surface area contributed by atoms with Crippen molar-refractivity contribution in [1.29, 1.82) is 0 Å². The molecule has 1 atom stereocenters. The van der Waals surface area contributed by atoms with Gasteiger partial charge in [0.15, 0.2) is 5.01 Å². The molecule has 40 heavy (non-hydrogen) atoms. The molecule has 2 aromatic carbocycles. The number of carbonyl (C=O) groups excluding carboxylic acids is 3. The van der Waals surface area contributed by atoms with Gasteiger partial charge in [0.25, 0.3) is 5.91 Å². The van der Waals surface area contributed by atoms with Crippen LogP contribution in [0.25, 0.3) is 16.3 Å². The summed E-state index contributed by atoms with van der Waals surface area (Å²) in [5.74, 6) is -0.917. The first-order valence-corrected chi connectivity index (χ1v) is 15.1. The summed E-state index contributed by atoms with van der Waals surface area (Å²) in [5, 5.41) is 4.83. The predicted octanol–water partition coefficient (Wildman–Crippen LogP) is 2.38. The standard InChI is InChI=1S/C26H27ClN6O5S2/c1-29-23(34)21-15-32(40(37,38)20-5-3-17-12-19(27)4-2-18(17)13-20)10-11-33(21)25(35)24-30-14-22(39-24)16-6-8-31(9-7-16)26(28)36/h2-6,12-14,21H,7-11,15H2,1H3,(H2,28,36)(H,29,34). The third-order valence-corrected chi connectivity index (χ3v) is 10.2. The number of amides is 4. The van der Waals surface area contributed by atoms with Crippen LogP contribution in [-0.2, 0) is 14.8 Å². The molecule has 1 saturated heterocycles. The Morgan fingerprint density at radius 2 is 1.85 bits per heavy atom. The first kappa shape index (κ1) is 28.0. The van der Waals surface area contributed by atoms with Crippen molar-refractivity contribution in [2.75, 3.05) is 39.8 Å². The molecule has 1 fully saturated rings. The molecule has 0 spiro atoms. The third-order valence-electron chi connectivity index (χ3n) is 7.09. The number of hydrogen-bond acceptors (Lipinski definition) is 7. The SMILES string of the molecule is CNC(=O)C1CN(S(=O)(=O)c2ccc3cc(Cl)ccc3c2)CCN1C(=O)c1ncc(C2=CCN(C(N)=O)CC2)s1. The molecule has 0 aliphatic carbocycles. The lowest BCUT2D eigenvalue weighted by Gasteiger charge is -2.39. The summed E-state index contributed by atoms with van der Waals surface area (Å²) in [7, 11) is -2.50. The molecule has 1 unspecified atom stereocenters. The number of halogens is 1. The number of rotatable bonds is 5. The summed E-state index contributed by atoms with van der Waals surface area (Å²) in [6, 6.07) is 8.46. The maximum Gasteiger partial charge on any atom is 0.315 e. The van der Waals surface area contributed by atoms with E-state index in [9.17, 15) is 22.8 Å². The minimum absolute atomic E-state index is 0.0184. The van der Waals surface area contributed by atoms with Crippen molar-refractivity contribution in [1.82, 2.24) is 24.4 Å². The van der Waals surface area contributed by atoms with Crippen LogP contribution in [0.5, 0.6) is 0 Å². The highest BCUT2D eigenvalue weighted by Crippen LogP contribution is 2.30. The molecule has 0 radical (unpaired) electrons. The van der Waals surface area contributed by atoms with Gasteiger partial charge < -0.3 is 20.9 Å². The van der Waals surface area contributed by atoms with Crippen LogP contribution in [0.4, 0.5) is 4.79 Å². The third kappa shape index (κ3) is 5.42. The number of hydrogen-bond donors (Lipinski definition) is 2. The van der Waals surface area contributed by atoms with E-state index in [0.29, 0.717) is 24.5 Å². The number of likely N-dealkylation sites (N-methyl/N-ethyl adjacent to an activating group) is 1. The molecule has 0 bridgehead atoms. The summed E-state index contributed by atoms with van der Waals surface area (Å²) in [5.41, 5.74) is 6.31. The number of urea groups is 1. The second-order valence-corrected chi connectivity index (χ2v) is 12.8. The van der Waals surface area contributed by atoms with Gasteiger partial charge >= 0.3 is 6.03 Å². The van der Waals surface area contributed by atoms with E-state index in [2.05, 4.69) is 10.3 Å². The smallest absolute Gasteiger partial charge is 0.315 e. The normalized spacial score (nSPS) is 18.4. The van der Waals surface area contributed by atoms with Gasteiger partial charge in [-0.05, 0) is 47.0 Å². The summed E-state index contributed by atoms with van der Waals surface area (Å²) < 4.78 is 28.4. The number of carbonyl (C=O) groups is 3. The second kappa shape index (κ2) is 11.2. The van der Waals surface area contributed by atoms with E-state index in [4.69, 9.17) is 17.3 Å². The van der Waals surface area contributed by atoms with E-state index in [1.165, 1.54) is 38.6 Å². The van der Waals surface area contributed by atoms with Crippen molar-refractivity contribution >= 4 is 67.2 Å². The second-order valence-electron chi connectivity index (χ2n) is 9.44. The number of sulfonamides is 1. The van der Waals surface area contributed by atoms with Gasteiger partial charge in [-0.25, -0.2) is 18.2 Å². The molecule has 5 rings (SSSR count). The van der Waals surface area contributed by atoms with E-state index < -0.39 is 33.9 Å². The first-order valence-electron chi connectivity index (χ1n) is 12.5. The predicted molar refractivity (Wildman–Crippen MR) is 152 cm³/mol. The zero-order valence-corrected chi connectivity index (χ0v) is 23.9. The quantitative estimate of drug-likeness (QED) is 0.458. The van der Waals surface area contributed by atoms with Gasteiger partial charge in [0.05, 0.1) is 9.77 Å². The Morgan fingerprint density at radius 1 is 1.10 bits per heavy atom. The lowest BCUT2D eigenvalue weighted by molar-refractivity contribution is -0.126. The average molecular weight is 603 g/mol. The zero-order valence-electron chi connectivity index (χ0n) is 21.5. The van der Waals surface area contributed by atoms with Crippen LogP contribution in [0.2, 0.25) is 5.02 Å². The molecule has 11 nitrogen and oxygen atoms in total. The minimum Gasteiger partial charge on any atom is -0.357 e. The fourth-order valence-corrected chi connectivity index (χ4v) is 7.45. The lowest BCUT2D eigenvalue weighted by Crippen LogP contribution is -2.61. The molecule has 1 aromatic heterocycles. The van der Waals surface area contributed by atoms with Gasteiger partial charge in [-0.2, -0.15) is 4.31 Å². The summed E-state index contributed by atoms with van der Waals surface area (Å²) in [4.78, 5) is 45.8. The number of fused-ring (bicyclic) bond motifs is 1. The van der Waals surface area contributed by atoms with Crippen molar-refractivity contribution in [3.8, 4) is 0 Å². The molecule has 0 saturated carbocycles. The van der Waals surface area contributed by atoms with Crippen LogP contribution in [0.15, 0.2) is 53.6 Å². The lowest BCUT2D eigenvalue weighted by atomic mass is 10.1. The van der Waals surface area contributed by atoms with Crippen LogP contribution in [0.3, 0.4) is 0 Å². The van der Waals surface area contributed by atoms with Crippen LogP contribution in [0, 0.1) is 0 Å². The van der Waals surface area contributed by atoms with Gasteiger partial charge in [-0.15, -0.1) is 11.3 Å². The van der Waals surface area contributed by atoms with Gasteiger partial charge in [0, 0.05) is 51.0 Å². The number of piperazine rings is 1. The number of aromatic nitrogens is 1. The number of thiazole rings is 1. The summed E-state index contributed by atoms with van der Waals surface area (Å²) in [6.45, 7) is 0.699. The summed E-state index contributed by atoms with van der Waals surface area (Å²) >= 11 is 7.25. The zero-order chi connectivity index (χ0) is 28.6. The van der Waals surface area contributed by atoms with Crippen molar-refractivity contribution in [2.24, 2.45) is 5.73 Å². The van der Waals surface area contributed by atoms with E-state index in [1.807, 2.05) is 6.08 Å². The highest BCUT2D eigenvalue weighted by atomic mass is 35.5. The van der Waals surface area contributed by atoms with E-state index in [1.54, 1.807) is 36.5 Å². The van der Waals surface area contributed by atoms with E-state index in [0.717, 1.165) is 21.2 Å². The number of nitrogens with zero attached hydrogens (tertiary/aromatic N) is 4. The minimum atomic E-state index is -3.95. The fraction of sp³-hybridized carbons (Fsp3) is 0.308.